The lowest BCUT2D eigenvalue weighted by atomic mass is 10.2. The van der Waals surface area contributed by atoms with Crippen molar-refractivity contribution in [1.82, 2.24) is 24.5 Å². The minimum Gasteiger partial charge on any atom is -0.481 e. The van der Waals surface area contributed by atoms with E-state index in [0.717, 1.165) is 25.2 Å². The Morgan fingerprint density at radius 3 is 2.65 bits per heavy atom. The summed E-state index contributed by atoms with van der Waals surface area (Å²) in [7, 11) is 1.54. The minimum absolute atomic E-state index is 0.282. The molecule has 0 bridgehead atoms. The number of ether oxygens (including phenoxy) is 1. The molecule has 0 aliphatic carbocycles. The fourth-order valence-electron chi connectivity index (χ4n) is 2.63. The molecular formula is C18H22N6O2. The molecule has 0 aliphatic rings. The molecule has 0 saturated carbocycles. The molecule has 3 rings (SSSR count). The Labute approximate surface area is 151 Å². The summed E-state index contributed by atoms with van der Waals surface area (Å²) in [5, 5.41) is 7.06. The van der Waals surface area contributed by atoms with Gasteiger partial charge < -0.3 is 10.1 Å². The quantitative estimate of drug-likeness (QED) is 0.700. The van der Waals surface area contributed by atoms with Gasteiger partial charge in [0.25, 0.3) is 5.91 Å². The summed E-state index contributed by atoms with van der Waals surface area (Å²) in [5.41, 5.74) is 2.56. The van der Waals surface area contributed by atoms with E-state index in [-0.39, 0.29) is 5.91 Å². The number of methoxy groups -OCH3 is 1. The number of carbonyl (C=O) groups is 1. The molecule has 0 atom stereocenters. The molecular weight excluding hydrogens is 332 g/mol. The predicted molar refractivity (Wildman–Crippen MR) is 98.4 cm³/mol. The first-order valence-corrected chi connectivity index (χ1v) is 8.50. The number of fused-ring (bicyclic) bond motifs is 1. The monoisotopic (exact) mass is 354 g/mol. The van der Waals surface area contributed by atoms with E-state index in [1.165, 1.54) is 12.4 Å². The highest BCUT2D eigenvalue weighted by molar-refractivity contribution is 6.08. The average Bonchev–Trinajstić information content (AvgIpc) is 3.10. The van der Waals surface area contributed by atoms with Crippen LogP contribution in [0, 0.1) is 0 Å². The molecule has 0 spiro atoms. The topological polar surface area (TPSA) is 84.7 Å². The van der Waals surface area contributed by atoms with Crippen molar-refractivity contribution in [2.24, 2.45) is 0 Å². The first-order chi connectivity index (χ1) is 12.6. The summed E-state index contributed by atoms with van der Waals surface area (Å²) in [6, 6.07) is 3.41. The summed E-state index contributed by atoms with van der Waals surface area (Å²) < 4.78 is 6.65. The number of amides is 1. The summed E-state index contributed by atoms with van der Waals surface area (Å²) in [6.07, 6.45) is 6.77. The number of carbonyl (C=O) groups excluding carboxylic acids is 1. The van der Waals surface area contributed by atoms with E-state index < -0.39 is 0 Å². The van der Waals surface area contributed by atoms with E-state index in [1.54, 1.807) is 30.0 Å². The first-order valence-electron chi connectivity index (χ1n) is 8.50. The Morgan fingerprint density at radius 1 is 1.19 bits per heavy atom. The minimum atomic E-state index is -0.282. The van der Waals surface area contributed by atoms with E-state index in [1.807, 2.05) is 6.20 Å². The van der Waals surface area contributed by atoms with Crippen LogP contribution in [0.4, 0.5) is 5.69 Å². The third-order valence-corrected chi connectivity index (χ3v) is 4.16. The predicted octanol–water partition coefficient (Wildman–Crippen LogP) is 2.23. The lowest BCUT2D eigenvalue weighted by Crippen LogP contribution is -2.22. The van der Waals surface area contributed by atoms with Gasteiger partial charge in [-0.3, -0.25) is 9.69 Å². The molecule has 8 nitrogen and oxygen atoms in total. The van der Waals surface area contributed by atoms with Gasteiger partial charge in [0.1, 0.15) is 5.56 Å². The van der Waals surface area contributed by atoms with Crippen LogP contribution in [0.3, 0.4) is 0 Å². The van der Waals surface area contributed by atoms with Crippen LogP contribution < -0.4 is 10.1 Å². The highest BCUT2D eigenvalue weighted by Crippen LogP contribution is 2.15. The third kappa shape index (κ3) is 3.80. The number of aromatic nitrogens is 4. The molecule has 0 radical (unpaired) electrons. The van der Waals surface area contributed by atoms with Crippen LogP contribution in [0.15, 0.2) is 36.9 Å². The third-order valence-electron chi connectivity index (χ3n) is 4.16. The Morgan fingerprint density at radius 2 is 2.00 bits per heavy atom. The molecule has 0 saturated heterocycles. The number of rotatable bonds is 7. The van der Waals surface area contributed by atoms with Crippen molar-refractivity contribution in [3.8, 4) is 5.88 Å². The second kappa shape index (κ2) is 7.92. The molecule has 0 unspecified atom stereocenters. The zero-order valence-electron chi connectivity index (χ0n) is 15.1. The highest BCUT2D eigenvalue weighted by atomic mass is 16.5. The zero-order valence-corrected chi connectivity index (χ0v) is 15.1. The first kappa shape index (κ1) is 17.8. The lowest BCUT2D eigenvalue weighted by molar-refractivity contribution is 0.102. The maximum Gasteiger partial charge on any atom is 0.261 e. The molecule has 8 heteroatoms. The van der Waals surface area contributed by atoms with Crippen molar-refractivity contribution < 1.29 is 9.53 Å². The van der Waals surface area contributed by atoms with Crippen LogP contribution in [0.1, 0.15) is 29.8 Å². The van der Waals surface area contributed by atoms with E-state index in [0.29, 0.717) is 22.8 Å². The van der Waals surface area contributed by atoms with Crippen molar-refractivity contribution in [2.45, 2.75) is 20.4 Å². The molecule has 3 heterocycles. The summed E-state index contributed by atoms with van der Waals surface area (Å²) >= 11 is 0. The summed E-state index contributed by atoms with van der Waals surface area (Å²) in [6.45, 7) is 6.99. The van der Waals surface area contributed by atoms with Crippen LogP contribution in [0.25, 0.3) is 5.65 Å². The molecule has 136 valence electrons. The fourth-order valence-corrected chi connectivity index (χ4v) is 2.63. The van der Waals surface area contributed by atoms with Crippen LogP contribution in [0.5, 0.6) is 5.88 Å². The Bertz CT molecular complexity index is 886. The lowest BCUT2D eigenvalue weighted by Gasteiger charge is -2.17. The van der Waals surface area contributed by atoms with Crippen LogP contribution in [-0.4, -0.2) is 50.6 Å². The second-order valence-electron chi connectivity index (χ2n) is 5.79. The van der Waals surface area contributed by atoms with Crippen molar-refractivity contribution in [2.75, 3.05) is 25.5 Å². The van der Waals surface area contributed by atoms with Gasteiger partial charge in [0.05, 0.1) is 25.2 Å². The smallest absolute Gasteiger partial charge is 0.261 e. The summed E-state index contributed by atoms with van der Waals surface area (Å²) in [5.74, 6) is 0.206. The Kier molecular flexibility index (Phi) is 5.43. The number of pyridine rings is 1. The number of hydrogen-bond donors (Lipinski definition) is 1. The molecule has 3 aromatic rings. The number of nitrogens with zero attached hydrogens (tertiary/aromatic N) is 5. The van der Waals surface area contributed by atoms with Crippen LogP contribution >= 0.6 is 0 Å². The Balaban J connectivity index is 1.78. The standard InChI is InChI=1S/C18H22N6O2/c1-4-23(5-2)11-13-8-20-17-15(10-21-24(17)12-13)18(25)22-14-6-7-16(26-3)19-9-14/h6-10,12H,4-5,11H2,1-3H3,(H,22,25). The van der Waals surface area contributed by atoms with Crippen molar-refractivity contribution in [3.05, 3.63) is 48.0 Å². The SMILES string of the molecule is CCN(CC)Cc1cnc2c(C(=O)Nc3ccc(OC)nc3)cnn2c1. The molecule has 1 amide bonds. The van der Waals surface area contributed by atoms with Crippen molar-refractivity contribution in [1.29, 1.82) is 0 Å². The largest absolute Gasteiger partial charge is 0.481 e. The maximum absolute atomic E-state index is 12.5. The Hall–Kier alpha value is -3.00. The fraction of sp³-hybridized carbons (Fsp3) is 0.333. The summed E-state index contributed by atoms with van der Waals surface area (Å²) in [4.78, 5) is 23.3. The van der Waals surface area contributed by atoms with Gasteiger partial charge in [-0.1, -0.05) is 13.8 Å². The maximum atomic E-state index is 12.5. The van der Waals surface area contributed by atoms with Gasteiger partial charge in [0.2, 0.25) is 5.88 Å². The van der Waals surface area contributed by atoms with Crippen molar-refractivity contribution >= 4 is 17.2 Å². The molecule has 26 heavy (non-hydrogen) atoms. The normalized spacial score (nSPS) is 11.1. The van der Waals surface area contributed by atoms with Crippen LogP contribution in [0.2, 0.25) is 0 Å². The van der Waals surface area contributed by atoms with Crippen LogP contribution in [-0.2, 0) is 6.54 Å². The van der Waals surface area contributed by atoms with Gasteiger partial charge in [-0.2, -0.15) is 5.10 Å². The second-order valence-corrected chi connectivity index (χ2v) is 5.79. The van der Waals surface area contributed by atoms with Gasteiger partial charge in [-0.15, -0.1) is 0 Å². The zero-order chi connectivity index (χ0) is 18.5. The van der Waals surface area contributed by atoms with Gasteiger partial charge in [-0.25, -0.2) is 14.5 Å². The van der Waals surface area contributed by atoms with Gasteiger partial charge in [0, 0.05) is 30.6 Å². The van der Waals surface area contributed by atoms with Crippen molar-refractivity contribution in [3.63, 3.8) is 0 Å². The average molecular weight is 354 g/mol. The molecule has 0 aromatic carbocycles. The van der Waals surface area contributed by atoms with E-state index in [4.69, 9.17) is 4.74 Å². The van der Waals surface area contributed by atoms with E-state index >= 15 is 0 Å². The molecule has 3 aromatic heterocycles. The van der Waals surface area contributed by atoms with Gasteiger partial charge in [0.15, 0.2) is 5.65 Å². The molecule has 0 aliphatic heterocycles. The van der Waals surface area contributed by atoms with Gasteiger partial charge >= 0.3 is 0 Å². The molecule has 1 N–H and O–H groups in total. The highest BCUT2D eigenvalue weighted by Gasteiger charge is 2.15. The van der Waals surface area contributed by atoms with E-state index in [2.05, 4.69) is 39.1 Å². The number of hydrogen-bond acceptors (Lipinski definition) is 6. The molecule has 0 fully saturated rings. The van der Waals surface area contributed by atoms with Gasteiger partial charge in [-0.05, 0) is 19.2 Å². The number of nitrogens with one attached hydrogen (secondary N) is 1. The van der Waals surface area contributed by atoms with E-state index in [9.17, 15) is 4.79 Å². The number of anilines is 1.